The Morgan fingerprint density at radius 3 is 2.78 bits per heavy atom. The molecule has 0 aliphatic heterocycles. The Bertz CT molecular complexity index is 391. The smallest absolute Gasteiger partial charge is 0.242 e. The molecule has 18 heavy (non-hydrogen) atoms. The summed E-state index contributed by atoms with van der Waals surface area (Å²) in [6.07, 6.45) is 6.08. The maximum absolute atomic E-state index is 12.0. The largest absolute Gasteiger partial charge is 0.352 e. The summed E-state index contributed by atoms with van der Waals surface area (Å²) >= 11 is 0. The molecule has 5 nitrogen and oxygen atoms in total. The van der Waals surface area contributed by atoms with Crippen LogP contribution in [0.25, 0.3) is 0 Å². The molecule has 6 heteroatoms. The van der Waals surface area contributed by atoms with Gasteiger partial charge in [-0.3, -0.25) is 9.48 Å². The van der Waals surface area contributed by atoms with E-state index in [9.17, 15) is 4.79 Å². The van der Waals surface area contributed by atoms with E-state index in [4.69, 9.17) is 0 Å². The van der Waals surface area contributed by atoms with Crippen LogP contribution in [0.1, 0.15) is 24.9 Å². The molecule has 2 N–H and O–H groups in total. The number of nitrogens with zero attached hydrogens (tertiary/aromatic N) is 2. The molecule has 0 saturated carbocycles. The van der Waals surface area contributed by atoms with Gasteiger partial charge >= 0.3 is 0 Å². The highest BCUT2D eigenvalue weighted by molar-refractivity contribution is 5.85. The highest BCUT2D eigenvalue weighted by Gasteiger charge is 2.20. The topological polar surface area (TPSA) is 59.0 Å². The summed E-state index contributed by atoms with van der Waals surface area (Å²) in [5, 5.41) is 9.98. The van der Waals surface area contributed by atoms with E-state index in [1.807, 2.05) is 20.2 Å². The number of aryl methyl sites for hydroxylation is 1. The predicted octanol–water partition coefficient (Wildman–Crippen LogP) is 1.18. The molecule has 1 aromatic rings. The summed E-state index contributed by atoms with van der Waals surface area (Å²) in [4.78, 5) is 12.0. The summed E-state index contributed by atoms with van der Waals surface area (Å²) in [5.41, 5.74) is 0.860. The standard InChI is InChI=1S/C12H20N4O.ClH/c1-5-6-9(2)15-12(17)11(13-3)10-7-14-16(4)8-10;/h5,7-9,11,13H,1,6H2,2-4H3,(H,15,17);1H. The van der Waals surface area contributed by atoms with Gasteiger partial charge in [0.2, 0.25) is 5.91 Å². The third-order valence-electron chi connectivity index (χ3n) is 2.52. The van der Waals surface area contributed by atoms with Crippen molar-refractivity contribution in [3.05, 3.63) is 30.6 Å². The Kier molecular flexibility index (Phi) is 7.31. The number of carbonyl (C=O) groups excluding carboxylic acids is 1. The van der Waals surface area contributed by atoms with Gasteiger partial charge in [-0.25, -0.2) is 0 Å². The maximum atomic E-state index is 12.0. The van der Waals surface area contributed by atoms with Crippen molar-refractivity contribution in [1.29, 1.82) is 0 Å². The van der Waals surface area contributed by atoms with Crippen LogP contribution in [0.4, 0.5) is 0 Å². The fraction of sp³-hybridized carbons (Fsp3) is 0.500. The van der Waals surface area contributed by atoms with Crippen molar-refractivity contribution in [2.75, 3.05) is 7.05 Å². The monoisotopic (exact) mass is 272 g/mol. The molecule has 1 heterocycles. The molecule has 1 aromatic heterocycles. The highest BCUT2D eigenvalue weighted by atomic mass is 35.5. The second kappa shape index (κ2) is 7.89. The lowest BCUT2D eigenvalue weighted by Gasteiger charge is -2.18. The van der Waals surface area contributed by atoms with Crippen LogP contribution in [-0.4, -0.2) is 28.8 Å². The molecule has 0 radical (unpaired) electrons. The second-order valence-corrected chi connectivity index (χ2v) is 4.10. The molecule has 2 unspecified atom stereocenters. The third-order valence-corrected chi connectivity index (χ3v) is 2.52. The van der Waals surface area contributed by atoms with Crippen LogP contribution in [0.5, 0.6) is 0 Å². The van der Waals surface area contributed by atoms with E-state index in [1.165, 1.54) is 0 Å². The van der Waals surface area contributed by atoms with E-state index in [1.54, 1.807) is 24.0 Å². The fourth-order valence-corrected chi connectivity index (χ4v) is 1.67. The van der Waals surface area contributed by atoms with E-state index in [-0.39, 0.29) is 30.4 Å². The third kappa shape index (κ3) is 4.50. The van der Waals surface area contributed by atoms with Gasteiger partial charge < -0.3 is 10.6 Å². The lowest BCUT2D eigenvalue weighted by atomic mass is 10.1. The van der Waals surface area contributed by atoms with Crippen LogP contribution in [0, 0.1) is 0 Å². The van der Waals surface area contributed by atoms with Crippen molar-refractivity contribution >= 4 is 18.3 Å². The zero-order valence-corrected chi connectivity index (χ0v) is 11.8. The van der Waals surface area contributed by atoms with Crippen LogP contribution in [0.3, 0.4) is 0 Å². The van der Waals surface area contributed by atoms with E-state index < -0.39 is 0 Å². The molecule has 0 fully saturated rings. The molecular weight excluding hydrogens is 252 g/mol. The first-order chi connectivity index (χ1) is 8.08. The zero-order valence-electron chi connectivity index (χ0n) is 11.0. The maximum Gasteiger partial charge on any atom is 0.242 e. The first-order valence-corrected chi connectivity index (χ1v) is 5.65. The number of hydrogen-bond acceptors (Lipinski definition) is 3. The summed E-state index contributed by atoms with van der Waals surface area (Å²) < 4.78 is 1.68. The van der Waals surface area contributed by atoms with Crippen molar-refractivity contribution < 1.29 is 4.79 Å². The minimum Gasteiger partial charge on any atom is -0.352 e. The number of halogens is 1. The van der Waals surface area contributed by atoms with Crippen LogP contribution in [0.2, 0.25) is 0 Å². The average Bonchev–Trinajstić information content (AvgIpc) is 2.66. The number of carbonyl (C=O) groups is 1. The SMILES string of the molecule is C=CCC(C)NC(=O)C(NC)c1cnn(C)c1.Cl. The molecule has 0 aromatic carbocycles. The van der Waals surface area contributed by atoms with Gasteiger partial charge in [-0.15, -0.1) is 19.0 Å². The molecule has 1 rings (SSSR count). The summed E-state index contributed by atoms with van der Waals surface area (Å²) in [7, 11) is 3.59. The van der Waals surface area contributed by atoms with E-state index >= 15 is 0 Å². The molecule has 0 saturated heterocycles. The number of nitrogens with one attached hydrogen (secondary N) is 2. The van der Waals surface area contributed by atoms with E-state index in [0.717, 1.165) is 12.0 Å². The molecule has 1 amide bonds. The van der Waals surface area contributed by atoms with Crippen molar-refractivity contribution in [1.82, 2.24) is 20.4 Å². The molecule has 0 aliphatic rings. The van der Waals surface area contributed by atoms with Crippen molar-refractivity contribution in [2.45, 2.75) is 25.4 Å². The predicted molar refractivity (Wildman–Crippen MR) is 74.7 cm³/mol. The normalized spacial score (nSPS) is 13.3. The van der Waals surface area contributed by atoms with E-state index in [2.05, 4.69) is 22.3 Å². The Morgan fingerprint density at radius 1 is 1.67 bits per heavy atom. The Hall–Kier alpha value is -1.33. The van der Waals surface area contributed by atoms with Gasteiger partial charge in [0.25, 0.3) is 0 Å². The summed E-state index contributed by atoms with van der Waals surface area (Å²) in [6, 6.07) is -0.275. The zero-order chi connectivity index (χ0) is 12.8. The van der Waals surface area contributed by atoms with Gasteiger partial charge in [-0.1, -0.05) is 6.08 Å². The Labute approximate surface area is 114 Å². The highest BCUT2D eigenvalue weighted by Crippen LogP contribution is 2.11. The quantitative estimate of drug-likeness (QED) is 0.765. The average molecular weight is 273 g/mol. The van der Waals surface area contributed by atoms with Crippen LogP contribution < -0.4 is 10.6 Å². The minimum absolute atomic E-state index is 0. The lowest BCUT2D eigenvalue weighted by Crippen LogP contribution is -2.40. The molecular formula is C12H21ClN4O. The Balaban J connectivity index is 0.00000289. The van der Waals surface area contributed by atoms with Gasteiger partial charge in [0.15, 0.2) is 0 Å². The van der Waals surface area contributed by atoms with Gasteiger partial charge in [0.1, 0.15) is 6.04 Å². The summed E-state index contributed by atoms with van der Waals surface area (Å²) in [5.74, 6) is -0.0464. The molecule has 102 valence electrons. The molecule has 0 aliphatic carbocycles. The minimum atomic E-state index is -0.365. The number of aromatic nitrogens is 2. The second-order valence-electron chi connectivity index (χ2n) is 4.10. The number of hydrogen-bond donors (Lipinski definition) is 2. The van der Waals surface area contributed by atoms with Gasteiger partial charge in [-0.05, 0) is 20.4 Å². The van der Waals surface area contributed by atoms with Crippen molar-refractivity contribution in [3.8, 4) is 0 Å². The molecule has 0 bridgehead atoms. The lowest BCUT2D eigenvalue weighted by molar-refractivity contribution is -0.123. The Morgan fingerprint density at radius 2 is 2.33 bits per heavy atom. The van der Waals surface area contributed by atoms with Gasteiger partial charge in [-0.2, -0.15) is 5.10 Å². The molecule has 0 spiro atoms. The van der Waals surface area contributed by atoms with Crippen LogP contribution in [-0.2, 0) is 11.8 Å². The summed E-state index contributed by atoms with van der Waals surface area (Å²) in [6.45, 7) is 5.61. The van der Waals surface area contributed by atoms with Crippen molar-refractivity contribution in [2.24, 2.45) is 7.05 Å². The van der Waals surface area contributed by atoms with Crippen LogP contribution >= 0.6 is 12.4 Å². The van der Waals surface area contributed by atoms with Gasteiger partial charge in [0, 0.05) is 24.8 Å². The number of rotatable bonds is 6. The first kappa shape index (κ1) is 16.7. The fourth-order valence-electron chi connectivity index (χ4n) is 1.67. The first-order valence-electron chi connectivity index (χ1n) is 5.65. The van der Waals surface area contributed by atoms with Crippen LogP contribution in [0.15, 0.2) is 25.0 Å². The number of amides is 1. The van der Waals surface area contributed by atoms with Gasteiger partial charge in [0.05, 0.1) is 6.20 Å². The van der Waals surface area contributed by atoms with E-state index in [0.29, 0.717) is 0 Å². The molecule has 2 atom stereocenters. The van der Waals surface area contributed by atoms with Crippen molar-refractivity contribution in [3.63, 3.8) is 0 Å². The number of likely N-dealkylation sites (N-methyl/N-ethyl adjacent to an activating group) is 1.